The molecular formula is C20H24ClFIN5O. The Morgan fingerprint density at radius 2 is 1.76 bits per heavy atom. The zero-order valence-electron chi connectivity index (χ0n) is 15.9. The zero-order chi connectivity index (χ0) is 19.9. The summed E-state index contributed by atoms with van der Waals surface area (Å²) in [6, 6.07) is 13.7. The highest BCUT2D eigenvalue weighted by molar-refractivity contribution is 14.0. The smallest absolute Gasteiger partial charge is 0.254 e. The van der Waals surface area contributed by atoms with Gasteiger partial charge in [0.15, 0.2) is 5.96 Å². The van der Waals surface area contributed by atoms with Crippen molar-refractivity contribution in [2.75, 3.05) is 44.2 Å². The number of aliphatic imine (C=N–C) groups is 1. The number of halogens is 3. The standard InChI is InChI=1S/C20H23ClFN5O.HI/c21-15-5-7-16(8-6-15)26-11-13-27(14-12-26)20(23)25-10-9-24-19(28)17-3-1-2-4-18(17)22;/h1-8H,9-14H2,(H2,23,25)(H,24,28);1H. The van der Waals surface area contributed by atoms with E-state index in [2.05, 4.69) is 15.2 Å². The number of carbonyl (C=O) groups is 1. The molecule has 6 nitrogen and oxygen atoms in total. The van der Waals surface area contributed by atoms with E-state index in [1.807, 2.05) is 29.2 Å². The molecular weight excluding hydrogens is 508 g/mol. The second-order valence-electron chi connectivity index (χ2n) is 6.43. The first-order valence-electron chi connectivity index (χ1n) is 9.12. The summed E-state index contributed by atoms with van der Waals surface area (Å²) >= 11 is 5.93. The topological polar surface area (TPSA) is 74.0 Å². The van der Waals surface area contributed by atoms with Gasteiger partial charge in [0.25, 0.3) is 5.91 Å². The van der Waals surface area contributed by atoms with Crippen LogP contribution in [0.25, 0.3) is 0 Å². The lowest BCUT2D eigenvalue weighted by atomic mass is 10.2. The Hall–Kier alpha value is -2.07. The van der Waals surface area contributed by atoms with Crippen LogP contribution in [0.5, 0.6) is 0 Å². The van der Waals surface area contributed by atoms with Gasteiger partial charge in [-0.1, -0.05) is 23.7 Å². The quantitative estimate of drug-likeness (QED) is 0.269. The summed E-state index contributed by atoms with van der Waals surface area (Å²) in [5.41, 5.74) is 7.23. The van der Waals surface area contributed by atoms with Gasteiger partial charge in [0.2, 0.25) is 0 Å². The minimum absolute atomic E-state index is 0. The molecule has 1 aliphatic rings. The third-order valence-electron chi connectivity index (χ3n) is 4.59. The number of guanidine groups is 1. The normalized spacial score (nSPS) is 14.3. The second-order valence-corrected chi connectivity index (χ2v) is 6.86. The molecule has 0 atom stereocenters. The largest absolute Gasteiger partial charge is 0.370 e. The third-order valence-corrected chi connectivity index (χ3v) is 4.84. The number of rotatable bonds is 5. The van der Waals surface area contributed by atoms with E-state index >= 15 is 0 Å². The van der Waals surface area contributed by atoms with Crippen LogP contribution < -0.4 is 16.0 Å². The van der Waals surface area contributed by atoms with E-state index in [1.54, 1.807) is 12.1 Å². The van der Waals surface area contributed by atoms with Gasteiger partial charge in [0.05, 0.1) is 12.1 Å². The number of nitrogens with two attached hydrogens (primary N) is 1. The lowest BCUT2D eigenvalue weighted by Gasteiger charge is -2.36. The Bertz CT molecular complexity index is 841. The highest BCUT2D eigenvalue weighted by Crippen LogP contribution is 2.19. The van der Waals surface area contributed by atoms with E-state index in [9.17, 15) is 9.18 Å². The van der Waals surface area contributed by atoms with Gasteiger partial charge in [-0.15, -0.1) is 24.0 Å². The Balaban J connectivity index is 0.00000300. The van der Waals surface area contributed by atoms with Crippen molar-refractivity contribution >= 4 is 53.1 Å². The molecule has 0 bridgehead atoms. The van der Waals surface area contributed by atoms with Gasteiger partial charge in [-0.3, -0.25) is 9.79 Å². The van der Waals surface area contributed by atoms with Crippen LogP contribution in [-0.4, -0.2) is 56.0 Å². The number of anilines is 1. The summed E-state index contributed by atoms with van der Waals surface area (Å²) < 4.78 is 13.6. The lowest BCUT2D eigenvalue weighted by molar-refractivity contribution is 0.0950. The van der Waals surface area contributed by atoms with E-state index in [1.165, 1.54) is 12.1 Å². The summed E-state index contributed by atoms with van der Waals surface area (Å²) in [6.45, 7) is 3.82. The van der Waals surface area contributed by atoms with Crippen molar-refractivity contribution in [1.82, 2.24) is 10.2 Å². The number of nitrogens with zero attached hydrogens (tertiary/aromatic N) is 3. The molecule has 0 aromatic heterocycles. The first kappa shape index (κ1) is 23.2. The minimum Gasteiger partial charge on any atom is -0.370 e. The molecule has 1 saturated heterocycles. The van der Waals surface area contributed by atoms with Gasteiger partial charge in [-0.2, -0.15) is 0 Å². The molecule has 0 aliphatic carbocycles. The van der Waals surface area contributed by atoms with Gasteiger partial charge in [0, 0.05) is 43.4 Å². The van der Waals surface area contributed by atoms with Crippen molar-refractivity contribution in [2.45, 2.75) is 0 Å². The van der Waals surface area contributed by atoms with Crippen LogP contribution in [0.4, 0.5) is 10.1 Å². The van der Waals surface area contributed by atoms with Crippen LogP contribution in [0.1, 0.15) is 10.4 Å². The Morgan fingerprint density at radius 3 is 2.41 bits per heavy atom. The fourth-order valence-corrected chi connectivity index (χ4v) is 3.15. The highest BCUT2D eigenvalue weighted by atomic mass is 127. The summed E-state index contributed by atoms with van der Waals surface area (Å²) in [6.07, 6.45) is 0. The molecule has 0 radical (unpaired) electrons. The van der Waals surface area contributed by atoms with Crippen LogP contribution in [0.15, 0.2) is 53.5 Å². The molecule has 3 N–H and O–H groups in total. The number of nitrogens with one attached hydrogen (secondary N) is 1. The number of piperazine rings is 1. The number of amides is 1. The Labute approximate surface area is 191 Å². The van der Waals surface area contributed by atoms with Gasteiger partial charge < -0.3 is 20.9 Å². The zero-order valence-corrected chi connectivity index (χ0v) is 18.9. The number of carbonyl (C=O) groups excluding carboxylic acids is 1. The predicted molar refractivity (Wildman–Crippen MR) is 126 cm³/mol. The van der Waals surface area contributed by atoms with Crippen LogP contribution in [0.3, 0.4) is 0 Å². The molecule has 29 heavy (non-hydrogen) atoms. The van der Waals surface area contributed by atoms with Crippen LogP contribution >= 0.6 is 35.6 Å². The molecule has 1 heterocycles. The SMILES string of the molecule is I.NC(=NCCNC(=O)c1ccccc1F)N1CCN(c2ccc(Cl)cc2)CC1. The number of hydrogen-bond donors (Lipinski definition) is 2. The molecule has 1 fully saturated rings. The molecule has 156 valence electrons. The van der Waals surface area contributed by atoms with Gasteiger partial charge in [-0.25, -0.2) is 4.39 Å². The molecule has 9 heteroatoms. The van der Waals surface area contributed by atoms with Crippen LogP contribution in [0.2, 0.25) is 5.02 Å². The van der Waals surface area contributed by atoms with Crippen molar-refractivity contribution < 1.29 is 9.18 Å². The lowest BCUT2D eigenvalue weighted by Crippen LogP contribution is -2.51. The Morgan fingerprint density at radius 1 is 1.10 bits per heavy atom. The van der Waals surface area contributed by atoms with Gasteiger partial charge in [-0.05, 0) is 36.4 Å². The summed E-state index contributed by atoms with van der Waals surface area (Å²) in [7, 11) is 0. The molecule has 0 saturated carbocycles. The van der Waals surface area contributed by atoms with Crippen molar-refractivity contribution in [3.63, 3.8) is 0 Å². The Kier molecular flexibility index (Phi) is 8.97. The maximum Gasteiger partial charge on any atom is 0.254 e. The van der Waals surface area contributed by atoms with Crippen molar-refractivity contribution in [3.05, 3.63) is 64.9 Å². The van der Waals surface area contributed by atoms with E-state index in [-0.39, 0.29) is 29.5 Å². The molecule has 1 amide bonds. The maximum absolute atomic E-state index is 13.6. The van der Waals surface area contributed by atoms with E-state index in [0.717, 1.165) is 36.9 Å². The molecule has 2 aromatic carbocycles. The van der Waals surface area contributed by atoms with Crippen molar-refractivity contribution in [1.29, 1.82) is 0 Å². The average molecular weight is 532 g/mol. The van der Waals surface area contributed by atoms with Crippen LogP contribution in [-0.2, 0) is 0 Å². The summed E-state index contributed by atoms with van der Waals surface area (Å²) in [5, 5.41) is 3.38. The number of hydrogen-bond acceptors (Lipinski definition) is 3. The van der Waals surface area contributed by atoms with E-state index in [0.29, 0.717) is 19.0 Å². The average Bonchev–Trinajstić information content (AvgIpc) is 2.72. The summed E-state index contributed by atoms with van der Waals surface area (Å²) in [4.78, 5) is 20.6. The van der Waals surface area contributed by atoms with Crippen molar-refractivity contribution in [2.24, 2.45) is 10.7 Å². The van der Waals surface area contributed by atoms with E-state index in [4.69, 9.17) is 17.3 Å². The van der Waals surface area contributed by atoms with Crippen molar-refractivity contribution in [3.8, 4) is 0 Å². The maximum atomic E-state index is 13.6. The second kappa shape index (κ2) is 11.2. The summed E-state index contributed by atoms with van der Waals surface area (Å²) in [5.74, 6) is -0.541. The predicted octanol–water partition coefficient (Wildman–Crippen LogP) is 2.96. The van der Waals surface area contributed by atoms with Gasteiger partial charge in [0.1, 0.15) is 5.82 Å². The van der Waals surface area contributed by atoms with Crippen LogP contribution in [0, 0.1) is 5.82 Å². The number of benzene rings is 2. The molecule has 1 aliphatic heterocycles. The minimum atomic E-state index is -0.540. The van der Waals surface area contributed by atoms with Gasteiger partial charge >= 0.3 is 0 Å². The fourth-order valence-electron chi connectivity index (χ4n) is 3.03. The highest BCUT2D eigenvalue weighted by Gasteiger charge is 2.18. The molecule has 2 aromatic rings. The monoisotopic (exact) mass is 531 g/mol. The molecule has 0 unspecified atom stereocenters. The van der Waals surface area contributed by atoms with E-state index < -0.39 is 11.7 Å². The fraction of sp³-hybridized carbons (Fsp3) is 0.300. The molecule has 0 spiro atoms. The first-order chi connectivity index (χ1) is 13.5. The first-order valence-corrected chi connectivity index (χ1v) is 9.50. The third kappa shape index (κ3) is 6.46. The molecule has 3 rings (SSSR count).